The molecule has 0 radical (unpaired) electrons. The van der Waals surface area contributed by atoms with E-state index in [0.29, 0.717) is 19.2 Å². The molecule has 3 aliphatic rings. The first-order valence-corrected chi connectivity index (χ1v) is 12.8. The molecule has 0 saturated carbocycles. The molecule has 3 heterocycles. The lowest BCUT2D eigenvalue weighted by Crippen LogP contribution is -2.47. The van der Waals surface area contributed by atoms with Crippen molar-refractivity contribution in [1.82, 2.24) is 9.21 Å². The molecule has 1 aromatic carbocycles. The summed E-state index contributed by atoms with van der Waals surface area (Å²) < 4.78 is 31.3. The Balaban J connectivity index is 1.19. The Morgan fingerprint density at radius 1 is 1.03 bits per heavy atom. The second-order valence-electron chi connectivity index (χ2n) is 9.25. The molecule has 0 bridgehead atoms. The van der Waals surface area contributed by atoms with Gasteiger partial charge >= 0.3 is 0 Å². The van der Waals surface area contributed by atoms with Gasteiger partial charge < -0.3 is 9.64 Å². The van der Waals surface area contributed by atoms with Gasteiger partial charge in [0.25, 0.3) is 0 Å². The molecule has 0 aliphatic carbocycles. The number of hydrogen-bond acceptors (Lipinski definition) is 5. The number of benzene rings is 1. The number of piperazine rings is 1. The van der Waals surface area contributed by atoms with Gasteiger partial charge in [-0.05, 0) is 50.2 Å². The minimum Gasteiger partial charge on any atom is -0.378 e. The predicted molar refractivity (Wildman–Crippen MR) is 117 cm³/mol. The Morgan fingerprint density at radius 2 is 1.69 bits per heavy atom. The molecule has 1 unspecified atom stereocenters. The van der Waals surface area contributed by atoms with Gasteiger partial charge in [-0.25, -0.2) is 12.7 Å². The fraction of sp³-hybridized carbons (Fsp3) is 0.727. The molecule has 0 aromatic heterocycles. The minimum absolute atomic E-state index is 0.204. The summed E-state index contributed by atoms with van der Waals surface area (Å²) in [4.78, 5) is 5.04. The van der Waals surface area contributed by atoms with Crippen molar-refractivity contribution in [2.45, 2.75) is 38.7 Å². The zero-order chi connectivity index (χ0) is 20.5. The Morgan fingerprint density at radius 3 is 2.31 bits per heavy atom. The van der Waals surface area contributed by atoms with Crippen molar-refractivity contribution in [2.24, 2.45) is 5.41 Å². The standard InChI is InChI=1S/C22H35N3O3S/c1-19-3-5-20(6-4-19)24-15-13-23(14-16-24)10-7-21-17-22(18-28-21)8-11-25(12-9-22)29(2,26)27/h3-6,21H,7-18H2,1-2H3. The van der Waals surface area contributed by atoms with E-state index < -0.39 is 10.0 Å². The third kappa shape index (κ3) is 5.13. The monoisotopic (exact) mass is 421 g/mol. The van der Waals surface area contributed by atoms with Gasteiger partial charge in [0.15, 0.2) is 0 Å². The molecule has 7 heteroatoms. The smallest absolute Gasteiger partial charge is 0.211 e. The first-order valence-electron chi connectivity index (χ1n) is 10.9. The lowest BCUT2D eigenvalue weighted by Gasteiger charge is -2.37. The molecule has 0 amide bonds. The van der Waals surface area contributed by atoms with Gasteiger partial charge in [-0.2, -0.15) is 0 Å². The third-order valence-electron chi connectivity index (χ3n) is 7.08. The quantitative estimate of drug-likeness (QED) is 0.730. The molecule has 3 fully saturated rings. The Bertz CT molecular complexity index is 780. The van der Waals surface area contributed by atoms with Crippen molar-refractivity contribution in [2.75, 3.05) is 63.6 Å². The van der Waals surface area contributed by atoms with Crippen molar-refractivity contribution in [3.8, 4) is 0 Å². The van der Waals surface area contributed by atoms with Crippen LogP contribution in [-0.4, -0.2) is 82.4 Å². The molecule has 29 heavy (non-hydrogen) atoms. The molecule has 4 rings (SSSR count). The van der Waals surface area contributed by atoms with Crippen LogP contribution >= 0.6 is 0 Å². The van der Waals surface area contributed by atoms with Crippen molar-refractivity contribution < 1.29 is 13.2 Å². The molecule has 0 N–H and O–H groups in total. The van der Waals surface area contributed by atoms with Gasteiger partial charge in [-0.3, -0.25) is 4.90 Å². The lowest BCUT2D eigenvalue weighted by molar-refractivity contribution is 0.0693. The second kappa shape index (κ2) is 8.53. The van der Waals surface area contributed by atoms with Gasteiger partial charge in [-0.15, -0.1) is 0 Å². The number of rotatable bonds is 5. The van der Waals surface area contributed by atoms with E-state index in [0.717, 1.165) is 65.0 Å². The average Bonchev–Trinajstić information content (AvgIpc) is 3.09. The van der Waals surface area contributed by atoms with Gasteiger partial charge in [0, 0.05) is 51.5 Å². The maximum Gasteiger partial charge on any atom is 0.211 e. The topological polar surface area (TPSA) is 53.1 Å². The fourth-order valence-corrected chi connectivity index (χ4v) is 5.88. The predicted octanol–water partition coefficient (Wildman–Crippen LogP) is 2.34. The number of aryl methyl sites for hydroxylation is 1. The second-order valence-corrected chi connectivity index (χ2v) is 11.2. The Labute approximate surface area is 175 Å². The summed E-state index contributed by atoms with van der Waals surface area (Å²) in [6.07, 6.45) is 5.69. The molecular weight excluding hydrogens is 386 g/mol. The highest BCUT2D eigenvalue weighted by atomic mass is 32.2. The summed E-state index contributed by atoms with van der Waals surface area (Å²) in [6.45, 7) is 9.70. The summed E-state index contributed by atoms with van der Waals surface area (Å²) in [5.74, 6) is 0. The maximum absolute atomic E-state index is 11.7. The van der Waals surface area contributed by atoms with E-state index >= 15 is 0 Å². The van der Waals surface area contributed by atoms with Gasteiger partial charge in [-0.1, -0.05) is 17.7 Å². The van der Waals surface area contributed by atoms with E-state index in [9.17, 15) is 8.42 Å². The third-order valence-corrected chi connectivity index (χ3v) is 8.38. The van der Waals surface area contributed by atoms with Crippen LogP contribution < -0.4 is 4.90 Å². The van der Waals surface area contributed by atoms with Crippen molar-refractivity contribution in [3.63, 3.8) is 0 Å². The van der Waals surface area contributed by atoms with Crippen LogP contribution in [0.15, 0.2) is 24.3 Å². The first-order chi connectivity index (χ1) is 13.8. The van der Waals surface area contributed by atoms with E-state index in [-0.39, 0.29) is 5.41 Å². The van der Waals surface area contributed by atoms with Gasteiger partial charge in [0.05, 0.1) is 19.0 Å². The summed E-state index contributed by atoms with van der Waals surface area (Å²) in [7, 11) is -3.06. The Kier molecular flexibility index (Phi) is 6.21. The van der Waals surface area contributed by atoms with Crippen LogP contribution in [-0.2, 0) is 14.8 Å². The summed E-state index contributed by atoms with van der Waals surface area (Å²) >= 11 is 0. The molecule has 3 saturated heterocycles. The van der Waals surface area contributed by atoms with Crippen molar-refractivity contribution in [3.05, 3.63) is 29.8 Å². The minimum atomic E-state index is -3.06. The summed E-state index contributed by atoms with van der Waals surface area (Å²) in [5.41, 5.74) is 2.84. The highest BCUT2D eigenvalue weighted by molar-refractivity contribution is 7.88. The number of sulfonamides is 1. The highest BCUT2D eigenvalue weighted by Gasteiger charge is 2.43. The highest BCUT2D eigenvalue weighted by Crippen LogP contribution is 2.43. The molecule has 1 atom stereocenters. The Hall–Kier alpha value is -1.15. The number of piperidine rings is 1. The van der Waals surface area contributed by atoms with Crippen LogP contribution in [0.4, 0.5) is 5.69 Å². The average molecular weight is 422 g/mol. The number of hydrogen-bond donors (Lipinski definition) is 0. The van der Waals surface area contributed by atoms with Gasteiger partial charge in [0.1, 0.15) is 0 Å². The van der Waals surface area contributed by atoms with Crippen molar-refractivity contribution >= 4 is 15.7 Å². The van der Waals surface area contributed by atoms with Gasteiger partial charge in [0.2, 0.25) is 10.0 Å². The zero-order valence-corrected chi connectivity index (χ0v) is 18.7. The van der Waals surface area contributed by atoms with Crippen LogP contribution in [0.25, 0.3) is 0 Å². The number of ether oxygens (including phenoxy) is 1. The van der Waals surface area contributed by atoms with E-state index in [4.69, 9.17) is 4.74 Å². The zero-order valence-electron chi connectivity index (χ0n) is 17.8. The summed E-state index contributed by atoms with van der Waals surface area (Å²) in [6, 6.07) is 8.84. The SMILES string of the molecule is Cc1ccc(N2CCN(CCC3CC4(CCN(S(C)(=O)=O)CC4)CO3)CC2)cc1. The molecule has 6 nitrogen and oxygen atoms in total. The molecular formula is C22H35N3O3S. The van der Waals surface area contributed by atoms with Crippen LogP contribution in [0.3, 0.4) is 0 Å². The normalized spacial score (nSPS) is 26.3. The van der Waals surface area contributed by atoms with Crippen LogP contribution in [0, 0.1) is 12.3 Å². The van der Waals surface area contributed by atoms with E-state index in [1.165, 1.54) is 17.5 Å². The number of nitrogens with zero attached hydrogens (tertiary/aromatic N) is 3. The summed E-state index contributed by atoms with van der Waals surface area (Å²) in [5, 5.41) is 0. The van der Waals surface area contributed by atoms with Crippen molar-refractivity contribution in [1.29, 1.82) is 0 Å². The van der Waals surface area contributed by atoms with E-state index in [1.807, 2.05) is 0 Å². The molecule has 3 aliphatic heterocycles. The van der Waals surface area contributed by atoms with E-state index in [2.05, 4.69) is 41.0 Å². The first kappa shape index (κ1) is 21.1. The molecule has 1 aromatic rings. The van der Waals surface area contributed by atoms with Crippen LogP contribution in [0.5, 0.6) is 0 Å². The molecule has 162 valence electrons. The largest absolute Gasteiger partial charge is 0.378 e. The van der Waals surface area contributed by atoms with Crippen LogP contribution in [0.2, 0.25) is 0 Å². The van der Waals surface area contributed by atoms with Crippen LogP contribution in [0.1, 0.15) is 31.2 Å². The molecule has 1 spiro atoms. The number of anilines is 1. The lowest BCUT2D eigenvalue weighted by atomic mass is 9.77. The maximum atomic E-state index is 11.7. The van der Waals surface area contributed by atoms with E-state index in [1.54, 1.807) is 4.31 Å². The fourth-order valence-electron chi connectivity index (χ4n) is 5.03.